The quantitative estimate of drug-likeness (QED) is 0.884. The topological polar surface area (TPSA) is 33.1 Å². The third-order valence-electron chi connectivity index (χ3n) is 2.40. The van der Waals surface area contributed by atoms with Gasteiger partial charge in [-0.25, -0.2) is 4.98 Å². The molecule has 1 N–H and O–H groups in total. The number of benzene rings is 1. The van der Waals surface area contributed by atoms with Gasteiger partial charge in [0.25, 0.3) is 0 Å². The summed E-state index contributed by atoms with van der Waals surface area (Å²) in [6.07, 6.45) is 0.854. The van der Waals surface area contributed by atoms with Crippen LogP contribution in [0.15, 0.2) is 23.6 Å². The van der Waals surface area contributed by atoms with Crippen molar-refractivity contribution in [2.45, 2.75) is 26.9 Å². The van der Waals surface area contributed by atoms with Crippen molar-refractivity contribution in [3.8, 4) is 0 Å². The molecule has 0 saturated heterocycles. The van der Waals surface area contributed by atoms with Gasteiger partial charge in [-0.15, -0.1) is 11.3 Å². The van der Waals surface area contributed by atoms with Crippen LogP contribution in [0.2, 0.25) is 0 Å². The highest BCUT2D eigenvalue weighted by Gasteiger charge is 2.03. The van der Waals surface area contributed by atoms with Gasteiger partial charge in [0.05, 0.1) is 17.3 Å². The van der Waals surface area contributed by atoms with Gasteiger partial charge >= 0.3 is 0 Å². The highest BCUT2D eigenvalue weighted by Crippen LogP contribution is 2.17. The van der Waals surface area contributed by atoms with E-state index in [1.165, 1.54) is 16.7 Å². The second-order valence-electron chi connectivity index (χ2n) is 4.06. The van der Waals surface area contributed by atoms with Crippen LogP contribution in [0.4, 0.5) is 0 Å². The number of thiazole rings is 1. The Kier molecular flexibility index (Phi) is 3.36. The summed E-state index contributed by atoms with van der Waals surface area (Å²) < 4.78 is 0. The monoisotopic (exact) mass is 233 g/mol. The smallest absolute Gasteiger partial charge is 0.0973 e. The van der Waals surface area contributed by atoms with E-state index in [9.17, 15) is 0 Å². The van der Waals surface area contributed by atoms with Crippen LogP contribution in [0.25, 0.3) is 0 Å². The first-order valence-electron chi connectivity index (χ1n) is 5.28. The summed E-state index contributed by atoms with van der Waals surface area (Å²) in [6, 6.07) is 6.55. The first-order valence-corrected chi connectivity index (χ1v) is 6.16. The average Bonchev–Trinajstić information content (AvgIpc) is 2.64. The van der Waals surface area contributed by atoms with Crippen LogP contribution in [0.3, 0.4) is 0 Å². The van der Waals surface area contributed by atoms with Gasteiger partial charge in [0.2, 0.25) is 0 Å². The van der Waals surface area contributed by atoms with Gasteiger partial charge < -0.3 is 5.11 Å². The predicted octanol–water partition coefficient (Wildman–Crippen LogP) is 2.84. The van der Waals surface area contributed by atoms with Crippen molar-refractivity contribution in [3.63, 3.8) is 0 Å². The van der Waals surface area contributed by atoms with Gasteiger partial charge in [-0.1, -0.05) is 29.3 Å². The molecule has 0 spiro atoms. The minimum Gasteiger partial charge on any atom is -0.390 e. The highest BCUT2D eigenvalue weighted by atomic mass is 32.1. The van der Waals surface area contributed by atoms with Gasteiger partial charge in [0.15, 0.2) is 0 Å². The lowest BCUT2D eigenvalue weighted by atomic mass is 10.1. The number of aliphatic hydroxyl groups excluding tert-OH is 1. The van der Waals surface area contributed by atoms with Crippen molar-refractivity contribution in [1.82, 2.24) is 4.98 Å². The van der Waals surface area contributed by atoms with Gasteiger partial charge in [0, 0.05) is 11.8 Å². The lowest BCUT2D eigenvalue weighted by molar-refractivity contribution is 0.277. The zero-order valence-corrected chi connectivity index (χ0v) is 10.3. The fourth-order valence-electron chi connectivity index (χ4n) is 1.85. The lowest BCUT2D eigenvalue weighted by Crippen LogP contribution is -1.91. The molecule has 1 heterocycles. The molecule has 0 unspecified atom stereocenters. The summed E-state index contributed by atoms with van der Waals surface area (Å²) in [5.41, 5.74) is 4.63. The zero-order valence-electron chi connectivity index (χ0n) is 9.53. The molecule has 16 heavy (non-hydrogen) atoms. The maximum absolute atomic E-state index is 8.95. The van der Waals surface area contributed by atoms with E-state index >= 15 is 0 Å². The fraction of sp³-hybridized carbons (Fsp3) is 0.308. The summed E-state index contributed by atoms with van der Waals surface area (Å²) in [5.74, 6) is 0. The van der Waals surface area contributed by atoms with Crippen LogP contribution in [0, 0.1) is 13.8 Å². The van der Waals surface area contributed by atoms with Crippen LogP contribution >= 0.6 is 11.3 Å². The first kappa shape index (κ1) is 11.3. The van der Waals surface area contributed by atoms with Crippen LogP contribution < -0.4 is 0 Å². The Morgan fingerprint density at radius 3 is 2.44 bits per heavy atom. The Labute approximate surface area is 99.6 Å². The maximum atomic E-state index is 8.95. The standard InChI is InChI=1S/C13H15NOS/c1-9-3-10(2)5-11(4-9)6-13-14-12(7-15)8-16-13/h3-5,8,15H,6-7H2,1-2H3. The normalized spacial score (nSPS) is 10.7. The SMILES string of the molecule is Cc1cc(C)cc(Cc2nc(CO)cs2)c1. The molecule has 2 aromatic rings. The van der Waals surface area contributed by atoms with Crippen LogP contribution in [-0.2, 0) is 13.0 Å². The minimum atomic E-state index is 0.0311. The first-order chi connectivity index (χ1) is 7.67. The molecule has 0 bridgehead atoms. The molecule has 3 heteroatoms. The Hall–Kier alpha value is -1.19. The molecule has 0 fully saturated rings. The van der Waals surface area contributed by atoms with E-state index in [0.717, 1.165) is 17.1 Å². The molecule has 0 aliphatic carbocycles. The molecule has 0 radical (unpaired) electrons. The number of rotatable bonds is 3. The van der Waals surface area contributed by atoms with Gasteiger partial charge in [-0.3, -0.25) is 0 Å². The van der Waals surface area contributed by atoms with E-state index in [1.807, 2.05) is 5.38 Å². The summed E-state index contributed by atoms with van der Waals surface area (Å²) in [4.78, 5) is 4.35. The summed E-state index contributed by atoms with van der Waals surface area (Å²) in [6.45, 7) is 4.25. The Balaban J connectivity index is 2.19. The number of nitrogens with zero attached hydrogens (tertiary/aromatic N) is 1. The Morgan fingerprint density at radius 2 is 1.88 bits per heavy atom. The van der Waals surface area contributed by atoms with Crippen molar-refractivity contribution >= 4 is 11.3 Å². The number of aryl methyl sites for hydroxylation is 2. The van der Waals surface area contributed by atoms with Gasteiger partial charge in [-0.2, -0.15) is 0 Å². The van der Waals surface area contributed by atoms with Crippen molar-refractivity contribution in [2.24, 2.45) is 0 Å². The Bertz CT molecular complexity index is 470. The summed E-state index contributed by atoms with van der Waals surface area (Å²) in [7, 11) is 0. The molecular weight excluding hydrogens is 218 g/mol. The number of hydrogen-bond acceptors (Lipinski definition) is 3. The van der Waals surface area contributed by atoms with Crippen molar-refractivity contribution in [2.75, 3.05) is 0 Å². The molecule has 1 aromatic heterocycles. The minimum absolute atomic E-state index is 0.0311. The second-order valence-corrected chi connectivity index (χ2v) is 5.01. The number of aliphatic hydroxyl groups is 1. The van der Waals surface area contributed by atoms with E-state index in [1.54, 1.807) is 11.3 Å². The van der Waals surface area contributed by atoms with Crippen LogP contribution in [-0.4, -0.2) is 10.1 Å². The molecule has 0 amide bonds. The molecule has 0 aliphatic heterocycles. The van der Waals surface area contributed by atoms with Crippen molar-refractivity contribution in [1.29, 1.82) is 0 Å². The summed E-state index contributed by atoms with van der Waals surface area (Å²) >= 11 is 1.61. The Morgan fingerprint density at radius 1 is 1.19 bits per heavy atom. The molecule has 1 aromatic carbocycles. The van der Waals surface area contributed by atoms with E-state index in [0.29, 0.717) is 0 Å². The lowest BCUT2D eigenvalue weighted by Gasteiger charge is -2.02. The third kappa shape index (κ3) is 2.68. The highest BCUT2D eigenvalue weighted by molar-refractivity contribution is 7.09. The molecule has 84 valence electrons. The third-order valence-corrected chi connectivity index (χ3v) is 3.30. The second kappa shape index (κ2) is 4.76. The molecule has 0 aliphatic rings. The van der Waals surface area contributed by atoms with E-state index in [-0.39, 0.29) is 6.61 Å². The molecular formula is C13H15NOS. The van der Waals surface area contributed by atoms with E-state index < -0.39 is 0 Å². The van der Waals surface area contributed by atoms with E-state index in [4.69, 9.17) is 5.11 Å². The number of hydrogen-bond donors (Lipinski definition) is 1. The average molecular weight is 233 g/mol. The predicted molar refractivity (Wildman–Crippen MR) is 66.8 cm³/mol. The molecule has 2 nitrogen and oxygen atoms in total. The largest absolute Gasteiger partial charge is 0.390 e. The molecule has 0 atom stereocenters. The fourth-order valence-corrected chi connectivity index (χ4v) is 2.67. The van der Waals surface area contributed by atoms with Crippen LogP contribution in [0.5, 0.6) is 0 Å². The molecule has 2 rings (SSSR count). The van der Waals surface area contributed by atoms with Crippen LogP contribution in [0.1, 0.15) is 27.4 Å². The van der Waals surface area contributed by atoms with Crippen molar-refractivity contribution in [3.05, 3.63) is 51.0 Å². The van der Waals surface area contributed by atoms with E-state index in [2.05, 4.69) is 37.0 Å². The maximum Gasteiger partial charge on any atom is 0.0973 e. The molecule has 0 saturated carbocycles. The summed E-state index contributed by atoms with van der Waals surface area (Å²) in [5, 5.41) is 11.9. The zero-order chi connectivity index (χ0) is 11.5. The van der Waals surface area contributed by atoms with Gasteiger partial charge in [-0.05, 0) is 19.4 Å². The van der Waals surface area contributed by atoms with Crippen molar-refractivity contribution < 1.29 is 5.11 Å². The number of aromatic nitrogens is 1. The van der Waals surface area contributed by atoms with Gasteiger partial charge in [0.1, 0.15) is 0 Å².